The third-order valence-electron chi connectivity index (χ3n) is 0.980. The van der Waals surface area contributed by atoms with E-state index in [1.807, 2.05) is 0 Å². The lowest BCUT2D eigenvalue weighted by Crippen LogP contribution is -1.80. The van der Waals surface area contributed by atoms with Gasteiger partial charge >= 0.3 is 0 Å². The molecule has 0 amide bonds. The van der Waals surface area contributed by atoms with Crippen LogP contribution in [0.5, 0.6) is 0 Å². The molecule has 0 atom stereocenters. The number of carbonyl (C=O) groups excluding carboxylic acids is 1. The highest BCUT2D eigenvalue weighted by Crippen LogP contribution is 1.97. The molecule has 0 spiro atoms. The molecule has 1 heterocycles. The van der Waals surface area contributed by atoms with E-state index in [1.54, 1.807) is 0 Å². The lowest BCUT2D eigenvalue weighted by molar-refractivity contribution is -0.103. The summed E-state index contributed by atoms with van der Waals surface area (Å²) in [6.45, 7) is 0. The number of aromatic nitrogens is 1. The quantitative estimate of drug-likeness (QED) is 0.403. The van der Waals surface area contributed by atoms with E-state index in [4.69, 9.17) is 0 Å². The van der Waals surface area contributed by atoms with Gasteiger partial charge in [0.05, 0.1) is 6.20 Å². The maximum absolute atomic E-state index is 12.4. The Bertz CT molecular complexity index is 324. The SMILES string of the molecule is O=CC#Cc1cncc(F)c1. The van der Waals surface area contributed by atoms with Gasteiger partial charge in [0.15, 0.2) is 6.29 Å². The molecular weight excluding hydrogens is 145 g/mol. The number of pyridine rings is 1. The Morgan fingerprint density at radius 2 is 2.36 bits per heavy atom. The molecule has 11 heavy (non-hydrogen) atoms. The van der Waals surface area contributed by atoms with E-state index in [0.717, 1.165) is 6.20 Å². The predicted molar refractivity (Wildman–Crippen MR) is 37.1 cm³/mol. The van der Waals surface area contributed by atoms with Gasteiger partial charge in [0.1, 0.15) is 5.82 Å². The third kappa shape index (κ3) is 2.18. The van der Waals surface area contributed by atoms with Crippen molar-refractivity contribution in [2.45, 2.75) is 0 Å². The molecule has 0 unspecified atom stereocenters. The van der Waals surface area contributed by atoms with Gasteiger partial charge in [0.25, 0.3) is 0 Å². The number of hydrogen-bond donors (Lipinski definition) is 0. The first-order chi connectivity index (χ1) is 5.33. The van der Waals surface area contributed by atoms with Crippen molar-refractivity contribution in [1.29, 1.82) is 0 Å². The fraction of sp³-hybridized carbons (Fsp3) is 0. The molecule has 0 saturated heterocycles. The fourth-order valence-electron chi connectivity index (χ4n) is 0.593. The number of nitrogens with zero attached hydrogens (tertiary/aromatic N) is 1. The second-order valence-corrected chi connectivity index (χ2v) is 1.78. The van der Waals surface area contributed by atoms with Crippen LogP contribution in [0.1, 0.15) is 5.56 Å². The summed E-state index contributed by atoms with van der Waals surface area (Å²) in [4.78, 5) is 13.3. The summed E-state index contributed by atoms with van der Waals surface area (Å²) in [5.41, 5.74) is 0.400. The molecule has 1 rings (SSSR count). The summed E-state index contributed by atoms with van der Waals surface area (Å²) in [7, 11) is 0. The van der Waals surface area contributed by atoms with E-state index in [1.165, 1.54) is 12.3 Å². The zero-order valence-electron chi connectivity index (χ0n) is 5.54. The van der Waals surface area contributed by atoms with Crippen LogP contribution in [0.25, 0.3) is 0 Å². The first-order valence-corrected chi connectivity index (χ1v) is 2.88. The number of aldehydes is 1. The minimum atomic E-state index is -0.456. The Kier molecular flexibility index (Phi) is 2.34. The van der Waals surface area contributed by atoms with E-state index in [-0.39, 0.29) is 0 Å². The van der Waals surface area contributed by atoms with Gasteiger partial charge < -0.3 is 0 Å². The van der Waals surface area contributed by atoms with Gasteiger partial charge in [-0.3, -0.25) is 9.78 Å². The Morgan fingerprint density at radius 3 is 3.00 bits per heavy atom. The smallest absolute Gasteiger partial charge is 0.193 e. The van der Waals surface area contributed by atoms with Crippen molar-refractivity contribution >= 4 is 6.29 Å². The number of rotatable bonds is 0. The van der Waals surface area contributed by atoms with Crippen molar-refractivity contribution in [2.24, 2.45) is 0 Å². The van der Waals surface area contributed by atoms with Crippen molar-refractivity contribution in [1.82, 2.24) is 4.98 Å². The van der Waals surface area contributed by atoms with Gasteiger partial charge in [-0.25, -0.2) is 4.39 Å². The average molecular weight is 149 g/mol. The first-order valence-electron chi connectivity index (χ1n) is 2.88. The Hall–Kier alpha value is -1.69. The van der Waals surface area contributed by atoms with Crippen molar-refractivity contribution in [3.8, 4) is 11.8 Å². The molecule has 0 aliphatic heterocycles. The molecule has 3 heteroatoms. The predicted octanol–water partition coefficient (Wildman–Crippen LogP) is 0.771. The van der Waals surface area contributed by atoms with Crippen LogP contribution in [0.4, 0.5) is 4.39 Å². The lowest BCUT2D eigenvalue weighted by atomic mass is 10.3. The summed E-state index contributed by atoms with van der Waals surface area (Å²) in [5, 5.41) is 0. The zero-order valence-corrected chi connectivity index (χ0v) is 5.54. The minimum absolute atomic E-state index is 0.400. The van der Waals surface area contributed by atoms with E-state index in [9.17, 15) is 9.18 Å². The molecule has 2 nitrogen and oxygen atoms in total. The Balaban J connectivity index is 2.96. The lowest BCUT2D eigenvalue weighted by Gasteiger charge is -1.86. The Labute approximate surface area is 63.1 Å². The van der Waals surface area contributed by atoms with Crippen LogP contribution < -0.4 is 0 Å². The molecule has 0 aromatic carbocycles. The maximum atomic E-state index is 12.4. The summed E-state index contributed by atoms with van der Waals surface area (Å²) >= 11 is 0. The highest BCUT2D eigenvalue weighted by atomic mass is 19.1. The van der Waals surface area contributed by atoms with Gasteiger partial charge in [-0.1, -0.05) is 5.92 Å². The van der Waals surface area contributed by atoms with Gasteiger partial charge in [0.2, 0.25) is 0 Å². The van der Waals surface area contributed by atoms with Crippen molar-refractivity contribution in [3.05, 3.63) is 29.8 Å². The highest BCUT2D eigenvalue weighted by molar-refractivity contribution is 5.73. The molecule has 1 aromatic heterocycles. The first kappa shape index (κ1) is 7.42. The number of hydrogen-bond acceptors (Lipinski definition) is 2. The van der Waals surface area contributed by atoms with Gasteiger partial charge in [0, 0.05) is 11.8 Å². The summed E-state index contributed by atoms with van der Waals surface area (Å²) < 4.78 is 12.4. The molecule has 0 aliphatic rings. The molecule has 0 aliphatic carbocycles. The van der Waals surface area contributed by atoms with E-state index in [2.05, 4.69) is 16.8 Å². The third-order valence-corrected chi connectivity index (χ3v) is 0.980. The van der Waals surface area contributed by atoms with Crippen molar-refractivity contribution in [2.75, 3.05) is 0 Å². The maximum Gasteiger partial charge on any atom is 0.193 e. The summed E-state index contributed by atoms with van der Waals surface area (Å²) in [6.07, 6.45) is 2.91. The van der Waals surface area contributed by atoms with Crippen LogP contribution >= 0.6 is 0 Å². The second-order valence-electron chi connectivity index (χ2n) is 1.78. The normalized spacial score (nSPS) is 8.09. The topological polar surface area (TPSA) is 30.0 Å². The largest absolute Gasteiger partial charge is 0.289 e. The van der Waals surface area contributed by atoms with Crippen LogP contribution in [0, 0.1) is 17.7 Å². The van der Waals surface area contributed by atoms with Gasteiger partial charge in [-0.2, -0.15) is 0 Å². The van der Waals surface area contributed by atoms with E-state index >= 15 is 0 Å². The highest BCUT2D eigenvalue weighted by Gasteiger charge is 1.89. The molecule has 0 saturated carbocycles. The van der Waals surface area contributed by atoms with Gasteiger partial charge in [-0.05, 0) is 12.0 Å². The van der Waals surface area contributed by atoms with E-state index < -0.39 is 5.82 Å². The average Bonchev–Trinajstić information content (AvgIpc) is 2.01. The van der Waals surface area contributed by atoms with Crippen LogP contribution in [-0.2, 0) is 4.79 Å². The molecule has 54 valence electrons. The second kappa shape index (κ2) is 3.47. The van der Waals surface area contributed by atoms with E-state index in [0.29, 0.717) is 11.8 Å². The molecule has 0 radical (unpaired) electrons. The van der Waals surface area contributed by atoms with Crippen LogP contribution in [-0.4, -0.2) is 11.3 Å². The zero-order chi connectivity index (χ0) is 8.10. The van der Waals surface area contributed by atoms with Crippen LogP contribution in [0.2, 0.25) is 0 Å². The summed E-state index contributed by atoms with van der Waals surface area (Å²) in [5.74, 6) is 4.11. The van der Waals surface area contributed by atoms with Crippen molar-refractivity contribution in [3.63, 3.8) is 0 Å². The Morgan fingerprint density at radius 1 is 1.55 bits per heavy atom. The summed E-state index contributed by atoms with van der Waals surface area (Å²) in [6, 6.07) is 1.21. The molecule has 0 fully saturated rings. The standard InChI is InChI=1S/C8H4FNO/c9-8-4-7(2-1-3-11)5-10-6-8/h3-6H. The molecular formula is C8H4FNO. The monoisotopic (exact) mass is 149 g/mol. The minimum Gasteiger partial charge on any atom is -0.289 e. The van der Waals surface area contributed by atoms with Crippen LogP contribution in [0.3, 0.4) is 0 Å². The molecule has 0 bridgehead atoms. The fourth-order valence-corrected chi connectivity index (χ4v) is 0.593. The molecule has 0 N–H and O–H groups in total. The van der Waals surface area contributed by atoms with Gasteiger partial charge in [-0.15, -0.1) is 0 Å². The van der Waals surface area contributed by atoms with Crippen molar-refractivity contribution < 1.29 is 9.18 Å². The molecule has 1 aromatic rings. The number of halogens is 1. The van der Waals surface area contributed by atoms with Crippen LogP contribution in [0.15, 0.2) is 18.5 Å². The number of carbonyl (C=O) groups is 1.